The fourth-order valence-electron chi connectivity index (χ4n) is 1.40. The molecular formula is C13H20N2O2. The van der Waals surface area contributed by atoms with E-state index in [1.807, 2.05) is 20.8 Å². The number of ether oxygens (including phenoxy) is 1. The number of hydrogen-bond donors (Lipinski definition) is 2. The molecule has 1 rings (SSSR count). The van der Waals surface area contributed by atoms with E-state index < -0.39 is 0 Å². The van der Waals surface area contributed by atoms with Crippen molar-refractivity contribution >= 4 is 11.6 Å². The van der Waals surface area contributed by atoms with Crippen LogP contribution in [0.25, 0.3) is 0 Å². The molecule has 0 radical (unpaired) electrons. The molecular weight excluding hydrogens is 216 g/mol. The molecule has 0 aromatic heterocycles. The van der Waals surface area contributed by atoms with Crippen molar-refractivity contribution in [2.75, 3.05) is 19.4 Å². The summed E-state index contributed by atoms with van der Waals surface area (Å²) in [6.07, 6.45) is 0. The molecule has 0 fully saturated rings. The van der Waals surface area contributed by atoms with Crippen molar-refractivity contribution in [1.82, 2.24) is 5.32 Å². The van der Waals surface area contributed by atoms with Crippen molar-refractivity contribution < 1.29 is 9.53 Å². The molecule has 94 valence electrons. The van der Waals surface area contributed by atoms with Crippen LogP contribution in [0, 0.1) is 6.92 Å². The van der Waals surface area contributed by atoms with Crippen molar-refractivity contribution in [3.8, 4) is 0 Å². The van der Waals surface area contributed by atoms with Gasteiger partial charge in [0.05, 0.1) is 5.60 Å². The van der Waals surface area contributed by atoms with Gasteiger partial charge < -0.3 is 15.8 Å². The van der Waals surface area contributed by atoms with Crippen LogP contribution in [0.15, 0.2) is 18.2 Å². The van der Waals surface area contributed by atoms with Crippen LogP contribution in [0.4, 0.5) is 5.69 Å². The highest BCUT2D eigenvalue weighted by molar-refractivity contribution is 5.96. The van der Waals surface area contributed by atoms with Crippen LogP contribution < -0.4 is 11.1 Å². The lowest BCUT2D eigenvalue weighted by Gasteiger charge is -2.23. The standard InChI is InChI=1S/C13H20N2O2/c1-9-7-10(14)5-6-11(9)12(16)15-8-13(2,3)17-4/h5-7H,8,14H2,1-4H3,(H,15,16). The third-order valence-corrected chi connectivity index (χ3v) is 2.72. The number of aryl methyl sites for hydroxylation is 1. The molecule has 17 heavy (non-hydrogen) atoms. The second-order valence-corrected chi connectivity index (χ2v) is 4.72. The number of nitrogen functional groups attached to an aromatic ring is 1. The van der Waals surface area contributed by atoms with Crippen LogP contribution >= 0.6 is 0 Å². The Hall–Kier alpha value is -1.55. The number of carbonyl (C=O) groups excluding carboxylic acids is 1. The van der Waals surface area contributed by atoms with Crippen LogP contribution in [0.1, 0.15) is 29.8 Å². The third-order valence-electron chi connectivity index (χ3n) is 2.72. The Bertz CT molecular complexity index is 414. The molecule has 0 atom stereocenters. The van der Waals surface area contributed by atoms with Gasteiger partial charge in [-0.05, 0) is 44.5 Å². The van der Waals surface area contributed by atoms with Crippen molar-refractivity contribution in [1.29, 1.82) is 0 Å². The zero-order chi connectivity index (χ0) is 13.1. The smallest absolute Gasteiger partial charge is 0.251 e. The molecule has 0 aliphatic heterocycles. The maximum atomic E-state index is 11.9. The number of methoxy groups -OCH3 is 1. The van der Waals surface area contributed by atoms with E-state index >= 15 is 0 Å². The summed E-state index contributed by atoms with van der Waals surface area (Å²) in [5, 5.41) is 2.85. The summed E-state index contributed by atoms with van der Waals surface area (Å²) in [7, 11) is 1.63. The molecule has 0 heterocycles. The maximum Gasteiger partial charge on any atom is 0.251 e. The Labute approximate surface area is 102 Å². The van der Waals surface area contributed by atoms with Gasteiger partial charge in [-0.3, -0.25) is 4.79 Å². The Morgan fingerprint density at radius 3 is 2.65 bits per heavy atom. The summed E-state index contributed by atoms with van der Waals surface area (Å²) in [6, 6.07) is 5.25. The van der Waals surface area contributed by atoms with Crippen molar-refractivity contribution in [2.24, 2.45) is 0 Å². The van der Waals surface area contributed by atoms with E-state index in [0.717, 1.165) is 5.56 Å². The SMILES string of the molecule is COC(C)(C)CNC(=O)c1ccc(N)cc1C. The number of nitrogens with one attached hydrogen (secondary N) is 1. The molecule has 0 spiro atoms. The van der Waals surface area contributed by atoms with Crippen LogP contribution in [-0.4, -0.2) is 25.2 Å². The Morgan fingerprint density at radius 2 is 2.12 bits per heavy atom. The first-order chi connectivity index (χ1) is 7.85. The minimum atomic E-state index is -0.364. The maximum absolute atomic E-state index is 11.9. The van der Waals surface area contributed by atoms with Gasteiger partial charge in [-0.15, -0.1) is 0 Å². The Kier molecular flexibility index (Phi) is 4.12. The molecule has 0 bridgehead atoms. The monoisotopic (exact) mass is 236 g/mol. The lowest BCUT2D eigenvalue weighted by atomic mass is 10.1. The summed E-state index contributed by atoms with van der Waals surface area (Å²) in [6.45, 7) is 6.17. The summed E-state index contributed by atoms with van der Waals surface area (Å²) in [5.74, 6) is -0.104. The highest BCUT2D eigenvalue weighted by atomic mass is 16.5. The quantitative estimate of drug-likeness (QED) is 0.782. The van der Waals surface area contributed by atoms with E-state index in [-0.39, 0.29) is 11.5 Å². The second-order valence-electron chi connectivity index (χ2n) is 4.72. The summed E-state index contributed by atoms with van der Waals surface area (Å²) in [4.78, 5) is 11.9. The number of rotatable bonds is 4. The second kappa shape index (κ2) is 5.19. The molecule has 1 amide bonds. The van der Waals surface area contributed by atoms with E-state index in [1.54, 1.807) is 25.3 Å². The molecule has 0 unspecified atom stereocenters. The van der Waals surface area contributed by atoms with Gasteiger partial charge in [-0.2, -0.15) is 0 Å². The van der Waals surface area contributed by atoms with Gasteiger partial charge in [0.1, 0.15) is 0 Å². The normalized spacial score (nSPS) is 11.3. The van der Waals surface area contributed by atoms with E-state index in [9.17, 15) is 4.79 Å². The summed E-state index contributed by atoms with van der Waals surface area (Å²) < 4.78 is 5.24. The first-order valence-corrected chi connectivity index (χ1v) is 5.55. The molecule has 0 saturated carbocycles. The van der Waals surface area contributed by atoms with Crippen LogP contribution in [-0.2, 0) is 4.74 Å². The van der Waals surface area contributed by atoms with Gasteiger partial charge in [0.2, 0.25) is 0 Å². The molecule has 0 aliphatic carbocycles. The molecule has 4 heteroatoms. The van der Waals surface area contributed by atoms with Gasteiger partial charge in [-0.1, -0.05) is 0 Å². The number of hydrogen-bond acceptors (Lipinski definition) is 3. The summed E-state index contributed by atoms with van der Waals surface area (Å²) >= 11 is 0. The zero-order valence-electron chi connectivity index (χ0n) is 10.8. The van der Waals surface area contributed by atoms with Crippen LogP contribution in [0.3, 0.4) is 0 Å². The number of benzene rings is 1. The number of carbonyl (C=O) groups is 1. The average Bonchev–Trinajstić information content (AvgIpc) is 2.26. The molecule has 0 aliphatic rings. The average molecular weight is 236 g/mol. The molecule has 3 N–H and O–H groups in total. The van der Waals surface area contributed by atoms with Gasteiger partial charge in [-0.25, -0.2) is 0 Å². The number of nitrogens with two attached hydrogens (primary N) is 1. The zero-order valence-corrected chi connectivity index (χ0v) is 10.8. The molecule has 1 aromatic rings. The lowest BCUT2D eigenvalue weighted by molar-refractivity contribution is 0.0228. The van der Waals surface area contributed by atoms with Gasteiger partial charge >= 0.3 is 0 Å². The van der Waals surface area contributed by atoms with Gasteiger partial charge in [0, 0.05) is 24.9 Å². The molecule has 4 nitrogen and oxygen atoms in total. The highest BCUT2D eigenvalue weighted by Crippen LogP contribution is 2.13. The Morgan fingerprint density at radius 1 is 1.47 bits per heavy atom. The first-order valence-electron chi connectivity index (χ1n) is 5.55. The predicted octanol–water partition coefficient (Wildman–Crippen LogP) is 1.73. The molecule has 1 aromatic carbocycles. The molecule has 0 saturated heterocycles. The van der Waals surface area contributed by atoms with Gasteiger partial charge in [0.15, 0.2) is 0 Å². The predicted molar refractivity (Wildman–Crippen MR) is 69.0 cm³/mol. The first kappa shape index (κ1) is 13.5. The van der Waals surface area contributed by atoms with Crippen molar-refractivity contribution in [3.63, 3.8) is 0 Å². The highest BCUT2D eigenvalue weighted by Gasteiger charge is 2.18. The minimum absolute atomic E-state index is 0.104. The van der Waals surface area contributed by atoms with E-state index in [0.29, 0.717) is 17.8 Å². The fourth-order valence-corrected chi connectivity index (χ4v) is 1.40. The Balaban J connectivity index is 2.71. The number of amides is 1. The minimum Gasteiger partial charge on any atom is -0.399 e. The van der Waals surface area contributed by atoms with Crippen LogP contribution in [0.2, 0.25) is 0 Å². The van der Waals surface area contributed by atoms with Crippen LogP contribution in [0.5, 0.6) is 0 Å². The lowest BCUT2D eigenvalue weighted by Crippen LogP contribution is -2.39. The summed E-state index contributed by atoms with van der Waals surface area (Å²) in [5.41, 5.74) is 7.46. The number of anilines is 1. The van der Waals surface area contributed by atoms with E-state index in [1.165, 1.54) is 0 Å². The largest absolute Gasteiger partial charge is 0.399 e. The fraction of sp³-hybridized carbons (Fsp3) is 0.462. The topological polar surface area (TPSA) is 64.3 Å². The third kappa shape index (κ3) is 3.75. The van der Waals surface area contributed by atoms with E-state index in [2.05, 4.69) is 5.32 Å². The van der Waals surface area contributed by atoms with Crippen molar-refractivity contribution in [3.05, 3.63) is 29.3 Å². The van der Waals surface area contributed by atoms with Crippen molar-refractivity contribution in [2.45, 2.75) is 26.4 Å². The van der Waals surface area contributed by atoms with E-state index in [4.69, 9.17) is 10.5 Å². The van der Waals surface area contributed by atoms with Gasteiger partial charge in [0.25, 0.3) is 5.91 Å².